The van der Waals surface area contributed by atoms with Gasteiger partial charge in [-0.2, -0.15) is 0 Å². The minimum absolute atomic E-state index is 0. The van der Waals surface area contributed by atoms with Crippen molar-refractivity contribution in [1.29, 1.82) is 0 Å². The van der Waals surface area contributed by atoms with E-state index in [1.165, 1.54) is 6.92 Å². The van der Waals surface area contributed by atoms with Gasteiger partial charge in [0.1, 0.15) is 0 Å². The van der Waals surface area contributed by atoms with Crippen molar-refractivity contribution in [2.45, 2.75) is 32.4 Å². The summed E-state index contributed by atoms with van der Waals surface area (Å²) in [6.45, 7) is 2.91. The Morgan fingerprint density at radius 2 is 2.00 bits per heavy atom. The SMILES string of the molecule is CC(=O)Nc1ccc(CNC(=O)C2CCCN2)cc1.Cl. The second-order valence-electron chi connectivity index (χ2n) is 4.74. The Morgan fingerprint density at radius 3 is 2.55 bits per heavy atom. The van der Waals surface area contributed by atoms with Crippen LogP contribution >= 0.6 is 12.4 Å². The first-order valence-corrected chi connectivity index (χ1v) is 6.53. The van der Waals surface area contributed by atoms with Crippen LogP contribution in [0.25, 0.3) is 0 Å². The zero-order valence-electron chi connectivity index (χ0n) is 11.4. The van der Waals surface area contributed by atoms with E-state index in [9.17, 15) is 9.59 Å². The number of nitrogens with one attached hydrogen (secondary N) is 3. The van der Waals surface area contributed by atoms with Crippen molar-refractivity contribution < 1.29 is 9.59 Å². The molecule has 1 saturated heterocycles. The van der Waals surface area contributed by atoms with E-state index in [4.69, 9.17) is 0 Å². The number of anilines is 1. The van der Waals surface area contributed by atoms with Crippen LogP contribution in [0.3, 0.4) is 0 Å². The molecule has 20 heavy (non-hydrogen) atoms. The molecule has 1 heterocycles. The average molecular weight is 298 g/mol. The fraction of sp³-hybridized carbons (Fsp3) is 0.429. The number of carbonyl (C=O) groups is 2. The molecule has 0 aromatic heterocycles. The third-order valence-electron chi connectivity index (χ3n) is 3.12. The third kappa shape index (κ3) is 4.83. The Morgan fingerprint density at radius 1 is 1.30 bits per heavy atom. The fourth-order valence-corrected chi connectivity index (χ4v) is 2.13. The van der Waals surface area contributed by atoms with Crippen LogP contribution in [0, 0.1) is 0 Å². The Balaban J connectivity index is 0.00000200. The number of halogens is 1. The van der Waals surface area contributed by atoms with E-state index in [1.807, 2.05) is 24.3 Å². The zero-order chi connectivity index (χ0) is 13.7. The molecule has 110 valence electrons. The van der Waals surface area contributed by atoms with Gasteiger partial charge in [-0.25, -0.2) is 0 Å². The van der Waals surface area contributed by atoms with Gasteiger partial charge < -0.3 is 16.0 Å². The summed E-state index contributed by atoms with van der Waals surface area (Å²) in [4.78, 5) is 22.7. The van der Waals surface area contributed by atoms with Crippen molar-refractivity contribution in [2.75, 3.05) is 11.9 Å². The van der Waals surface area contributed by atoms with E-state index in [1.54, 1.807) is 0 Å². The molecule has 1 unspecified atom stereocenters. The Kier molecular flexibility index (Phi) is 6.48. The number of hydrogen-bond acceptors (Lipinski definition) is 3. The normalized spacial score (nSPS) is 17.1. The van der Waals surface area contributed by atoms with E-state index in [0.29, 0.717) is 6.54 Å². The highest BCUT2D eigenvalue weighted by Gasteiger charge is 2.21. The molecule has 1 aliphatic heterocycles. The molecule has 2 rings (SSSR count). The molecular formula is C14H20ClN3O2. The summed E-state index contributed by atoms with van der Waals surface area (Å²) < 4.78 is 0. The summed E-state index contributed by atoms with van der Waals surface area (Å²) in [5.74, 6) is -0.0307. The minimum Gasteiger partial charge on any atom is -0.351 e. The molecule has 0 bridgehead atoms. The van der Waals surface area contributed by atoms with Gasteiger partial charge in [0, 0.05) is 19.2 Å². The predicted molar refractivity (Wildman–Crippen MR) is 80.9 cm³/mol. The molecule has 2 amide bonds. The molecule has 0 spiro atoms. The van der Waals surface area contributed by atoms with Crippen LogP contribution in [0.5, 0.6) is 0 Å². The molecule has 0 radical (unpaired) electrons. The van der Waals surface area contributed by atoms with Crippen LogP contribution in [-0.4, -0.2) is 24.4 Å². The molecule has 1 fully saturated rings. The van der Waals surface area contributed by atoms with Gasteiger partial charge in [-0.3, -0.25) is 9.59 Å². The second kappa shape index (κ2) is 7.87. The highest BCUT2D eigenvalue weighted by Crippen LogP contribution is 2.10. The maximum absolute atomic E-state index is 11.8. The maximum Gasteiger partial charge on any atom is 0.237 e. The molecule has 0 saturated carbocycles. The van der Waals surface area contributed by atoms with Crippen LogP contribution in [-0.2, 0) is 16.1 Å². The topological polar surface area (TPSA) is 70.2 Å². The van der Waals surface area contributed by atoms with Gasteiger partial charge in [0.2, 0.25) is 11.8 Å². The standard InChI is InChI=1S/C14H19N3O2.ClH/c1-10(18)17-12-6-4-11(5-7-12)9-16-14(19)13-3-2-8-15-13;/h4-7,13,15H,2-3,8-9H2,1H3,(H,16,19)(H,17,18);1H. The van der Waals surface area contributed by atoms with Gasteiger partial charge in [0.15, 0.2) is 0 Å². The first kappa shape index (κ1) is 16.5. The Hall–Kier alpha value is -1.59. The van der Waals surface area contributed by atoms with Crippen LogP contribution in [0.15, 0.2) is 24.3 Å². The molecule has 1 atom stereocenters. The van der Waals surface area contributed by atoms with E-state index in [2.05, 4.69) is 16.0 Å². The van der Waals surface area contributed by atoms with Gasteiger partial charge in [-0.15, -0.1) is 12.4 Å². The summed E-state index contributed by atoms with van der Waals surface area (Å²) in [5, 5.41) is 8.78. The molecule has 6 heteroatoms. The number of benzene rings is 1. The van der Waals surface area contributed by atoms with Crippen LogP contribution in [0.1, 0.15) is 25.3 Å². The highest BCUT2D eigenvalue weighted by molar-refractivity contribution is 5.88. The summed E-state index contributed by atoms with van der Waals surface area (Å²) in [6, 6.07) is 7.41. The van der Waals surface area contributed by atoms with Gasteiger partial charge in [-0.05, 0) is 37.1 Å². The van der Waals surface area contributed by atoms with Crippen molar-refractivity contribution in [3.63, 3.8) is 0 Å². The van der Waals surface area contributed by atoms with Crippen molar-refractivity contribution in [3.05, 3.63) is 29.8 Å². The lowest BCUT2D eigenvalue weighted by molar-refractivity contribution is -0.123. The summed E-state index contributed by atoms with van der Waals surface area (Å²) in [6.07, 6.45) is 1.97. The van der Waals surface area contributed by atoms with Crippen molar-refractivity contribution in [3.8, 4) is 0 Å². The number of amides is 2. The second-order valence-corrected chi connectivity index (χ2v) is 4.74. The monoisotopic (exact) mass is 297 g/mol. The van der Waals surface area contributed by atoms with Crippen LogP contribution < -0.4 is 16.0 Å². The van der Waals surface area contributed by atoms with Crippen molar-refractivity contribution in [1.82, 2.24) is 10.6 Å². The minimum atomic E-state index is -0.0895. The first-order valence-electron chi connectivity index (χ1n) is 6.53. The third-order valence-corrected chi connectivity index (χ3v) is 3.12. The largest absolute Gasteiger partial charge is 0.351 e. The van der Waals surface area contributed by atoms with Crippen molar-refractivity contribution >= 4 is 29.9 Å². The molecule has 5 nitrogen and oxygen atoms in total. The molecular weight excluding hydrogens is 278 g/mol. The smallest absolute Gasteiger partial charge is 0.237 e. The van der Waals surface area contributed by atoms with Gasteiger partial charge in [0.25, 0.3) is 0 Å². The molecule has 0 aliphatic carbocycles. The maximum atomic E-state index is 11.8. The van der Waals surface area contributed by atoms with E-state index in [0.717, 1.165) is 30.6 Å². The van der Waals surface area contributed by atoms with Crippen LogP contribution in [0.2, 0.25) is 0 Å². The van der Waals surface area contributed by atoms with E-state index >= 15 is 0 Å². The van der Waals surface area contributed by atoms with Gasteiger partial charge >= 0.3 is 0 Å². The average Bonchev–Trinajstić information content (AvgIpc) is 2.91. The van der Waals surface area contributed by atoms with Gasteiger partial charge in [0.05, 0.1) is 6.04 Å². The lowest BCUT2D eigenvalue weighted by Crippen LogP contribution is -2.39. The quantitative estimate of drug-likeness (QED) is 0.787. The number of hydrogen-bond donors (Lipinski definition) is 3. The Bertz CT molecular complexity index is 456. The van der Waals surface area contributed by atoms with Gasteiger partial charge in [-0.1, -0.05) is 12.1 Å². The number of rotatable bonds is 4. The lowest BCUT2D eigenvalue weighted by atomic mass is 10.2. The predicted octanol–water partition coefficient (Wildman–Crippen LogP) is 1.43. The fourth-order valence-electron chi connectivity index (χ4n) is 2.13. The number of carbonyl (C=O) groups excluding carboxylic acids is 2. The lowest BCUT2D eigenvalue weighted by Gasteiger charge is -2.11. The summed E-state index contributed by atoms with van der Waals surface area (Å²) in [5.41, 5.74) is 1.78. The van der Waals surface area contributed by atoms with E-state index in [-0.39, 0.29) is 30.3 Å². The van der Waals surface area contributed by atoms with Crippen LogP contribution in [0.4, 0.5) is 5.69 Å². The molecule has 3 N–H and O–H groups in total. The van der Waals surface area contributed by atoms with E-state index < -0.39 is 0 Å². The first-order chi connectivity index (χ1) is 9.15. The summed E-state index contributed by atoms with van der Waals surface area (Å²) >= 11 is 0. The molecule has 1 aromatic carbocycles. The summed E-state index contributed by atoms with van der Waals surface area (Å²) in [7, 11) is 0. The zero-order valence-corrected chi connectivity index (χ0v) is 12.3. The molecule has 1 aliphatic rings. The molecule has 1 aromatic rings. The highest BCUT2D eigenvalue weighted by atomic mass is 35.5. The van der Waals surface area contributed by atoms with Crippen molar-refractivity contribution in [2.24, 2.45) is 0 Å². The Labute approximate surface area is 124 Å².